The third-order valence-corrected chi connectivity index (χ3v) is 7.50. The summed E-state index contributed by atoms with van der Waals surface area (Å²) < 4.78 is 32.4. The monoisotopic (exact) mass is 507 g/mol. The third-order valence-electron chi connectivity index (χ3n) is 5.61. The molecule has 0 saturated carbocycles. The molecule has 186 valence electrons. The van der Waals surface area contributed by atoms with Crippen molar-refractivity contribution in [2.45, 2.75) is 17.7 Å². The van der Waals surface area contributed by atoms with E-state index in [0.29, 0.717) is 30.1 Å². The van der Waals surface area contributed by atoms with E-state index in [1.807, 2.05) is 30.3 Å². The summed E-state index contributed by atoms with van der Waals surface area (Å²) in [6, 6.07) is 21.8. The van der Waals surface area contributed by atoms with Crippen LogP contribution in [0.5, 0.6) is 5.75 Å². The number of rotatable bonds is 9. The molecular weight excluding hydrogens is 482 g/mol. The fourth-order valence-corrected chi connectivity index (χ4v) is 5.36. The van der Waals surface area contributed by atoms with Gasteiger partial charge in [-0.2, -0.15) is 9.41 Å². The highest BCUT2D eigenvalue weighted by Gasteiger charge is 2.27. The smallest absolute Gasteiger partial charge is 0.341 e. The number of carboxylic acids is 1. The molecule has 0 bridgehead atoms. The van der Waals surface area contributed by atoms with Crippen LogP contribution in [0.15, 0.2) is 88.9 Å². The van der Waals surface area contributed by atoms with Crippen LogP contribution in [0.3, 0.4) is 0 Å². The lowest BCUT2D eigenvalue weighted by molar-refractivity contribution is -0.139. The first-order valence-electron chi connectivity index (χ1n) is 11.3. The van der Waals surface area contributed by atoms with E-state index >= 15 is 0 Å². The molecule has 1 fully saturated rings. The van der Waals surface area contributed by atoms with Crippen molar-refractivity contribution in [3.63, 3.8) is 0 Å². The normalized spacial score (nSPS) is 14.4. The Morgan fingerprint density at radius 3 is 2.19 bits per heavy atom. The Kier molecular flexibility index (Phi) is 7.77. The number of aliphatic carboxylic acids is 1. The van der Waals surface area contributed by atoms with Crippen molar-refractivity contribution in [2.24, 2.45) is 5.10 Å². The Bertz CT molecular complexity index is 1370. The van der Waals surface area contributed by atoms with Gasteiger partial charge in [-0.1, -0.05) is 36.4 Å². The molecule has 3 aromatic carbocycles. The van der Waals surface area contributed by atoms with Gasteiger partial charge in [0.15, 0.2) is 6.61 Å². The van der Waals surface area contributed by atoms with Crippen LogP contribution in [0.1, 0.15) is 34.3 Å². The molecule has 3 aromatic rings. The van der Waals surface area contributed by atoms with E-state index in [-0.39, 0.29) is 10.5 Å². The summed E-state index contributed by atoms with van der Waals surface area (Å²) in [6.45, 7) is 0.495. The van der Waals surface area contributed by atoms with E-state index in [4.69, 9.17) is 9.84 Å². The summed E-state index contributed by atoms with van der Waals surface area (Å²) in [5.41, 5.74) is 4.57. The predicted octanol–water partition coefficient (Wildman–Crippen LogP) is 3.12. The van der Waals surface area contributed by atoms with Crippen molar-refractivity contribution in [3.05, 3.63) is 95.6 Å². The minimum Gasteiger partial charge on any atom is -0.482 e. The lowest BCUT2D eigenvalue weighted by atomic mass is 10.0. The molecule has 10 heteroatoms. The summed E-state index contributed by atoms with van der Waals surface area (Å²) >= 11 is 0. The first kappa shape index (κ1) is 25.1. The number of hydrogen-bond donors (Lipinski definition) is 2. The second kappa shape index (κ2) is 11.1. The minimum atomic E-state index is -3.66. The van der Waals surface area contributed by atoms with Gasteiger partial charge in [-0.05, 0) is 55.3 Å². The average molecular weight is 508 g/mol. The standard InChI is InChI=1S/C26H25N3O6S/c30-24(31)18-35-22-13-11-20(12-14-22)25(19-7-2-1-3-8-19)27-28-26(32)21-9-6-10-23(17-21)36(33,34)29-15-4-5-16-29/h1-3,6-14,17H,4-5,15-16,18H2,(H,28,32)(H,30,31). The molecule has 36 heavy (non-hydrogen) atoms. The van der Waals surface area contributed by atoms with Crippen LogP contribution < -0.4 is 10.2 Å². The molecular formula is C26H25N3O6S. The van der Waals surface area contributed by atoms with Crippen molar-refractivity contribution < 1.29 is 27.9 Å². The second-order valence-electron chi connectivity index (χ2n) is 8.11. The zero-order valence-corrected chi connectivity index (χ0v) is 20.1. The molecule has 9 nitrogen and oxygen atoms in total. The summed E-state index contributed by atoms with van der Waals surface area (Å²) in [7, 11) is -3.66. The quantitative estimate of drug-likeness (QED) is 0.339. The molecule has 0 radical (unpaired) electrons. The van der Waals surface area contributed by atoms with Crippen LogP contribution in [0.25, 0.3) is 0 Å². The van der Waals surface area contributed by atoms with Crippen LogP contribution in [0.2, 0.25) is 0 Å². The number of nitrogens with zero attached hydrogens (tertiary/aromatic N) is 2. The highest BCUT2D eigenvalue weighted by molar-refractivity contribution is 7.89. The largest absolute Gasteiger partial charge is 0.482 e. The van der Waals surface area contributed by atoms with E-state index in [9.17, 15) is 18.0 Å². The van der Waals surface area contributed by atoms with E-state index in [1.54, 1.807) is 24.3 Å². The average Bonchev–Trinajstić information content (AvgIpc) is 3.45. The first-order chi connectivity index (χ1) is 17.3. The fourth-order valence-electron chi connectivity index (χ4n) is 3.79. The van der Waals surface area contributed by atoms with Crippen molar-refractivity contribution >= 4 is 27.6 Å². The molecule has 1 aliphatic heterocycles. The van der Waals surface area contributed by atoms with Gasteiger partial charge in [-0.25, -0.2) is 18.6 Å². The van der Waals surface area contributed by atoms with Crippen molar-refractivity contribution in [3.8, 4) is 5.75 Å². The number of carboxylic acid groups (broad SMARTS) is 1. The van der Waals surface area contributed by atoms with Gasteiger partial charge < -0.3 is 9.84 Å². The number of hydrogen-bond acceptors (Lipinski definition) is 6. The fraction of sp³-hybridized carbons (Fsp3) is 0.192. The summed E-state index contributed by atoms with van der Waals surface area (Å²) in [5, 5.41) is 13.1. The van der Waals surface area contributed by atoms with Crippen LogP contribution in [0.4, 0.5) is 0 Å². The van der Waals surface area contributed by atoms with Crippen molar-refractivity contribution in [2.75, 3.05) is 19.7 Å². The van der Waals surface area contributed by atoms with E-state index in [2.05, 4.69) is 10.5 Å². The molecule has 1 saturated heterocycles. The van der Waals surface area contributed by atoms with Gasteiger partial charge in [0.2, 0.25) is 10.0 Å². The van der Waals surface area contributed by atoms with Gasteiger partial charge in [-0.3, -0.25) is 4.79 Å². The molecule has 2 N–H and O–H groups in total. The van der Waals surface area contributed by atoms with Gasteiger partial charge >= 0.3 is 5.97 Å². The number of carbonyl (C=O) groups excluding carboxylic acids is 1. The molecule has 1 heterocycles. The first-order valence-corrected chi connectivity index (χ1v) is 12.8. The zero-order valence-electron chi connectivity index (χ0n) is 19.3. The zero-order chi connectivity index (χ0) is 25.5. The molecule has 0 spiro atoms. The highest BCUT2D eigenvalue weighted by atomic mass is 32.2. The third kappa shape index (κ3) is 5.96. The van der Waals surface area contributed by atoms with E-state index < -0.39 is 28.5 Å². The maximum absolute atomic E-state index is 12.9. The van der Waals surface area contributed by atoms with Gasteiger partial charge in [-0.15, -0.1) is 0 Å². The molecule has 0 aliphatic carbocycles. The van der Waals surface area contributed by atoms with Gasteiger partial charge in [0.05, 0.1) is 10.6 Å². The Morgan fingerprint density at radius 1 is 0.889 bits per heavy atom. The predicted molar refractivity (Wildman–Crippen MR) is 134 cm³/mol. The van der Waals surface area contributed by atoms with E-state index in [1.165, 1.54) is 28.6 Å². The summed E-state index contributed by atoms with van der Waals surface area (Å²) in [5.74, 6) is -1.25. The molecule has 0 unspecified atom stereocenters. The molecule has 1 amide bonds. The van der Waals surface area contributed by atoms with Crippen LogP contribution in [-0.4, -0.2) is 55.1 Å². The number of hydrazone groups is 1. The van der Waals surface area contributed by atoms with Crippen molar-refractivity contribution in [1.29, 1.82) is 0 Å². The van der Waals surface area contributed by atoms with Crippen molar-refractivity contribution in [1.82, 2.24) is 9.73 Å². The van der Waals surface area contributed by atoms with Gasteiger partial charge in [0, 0.05) is 29.8 Å². The Morgan fingerprint density at radius 2 is 1.53 bits per heavy atom. The molecule has 4 rings (SSSR count). The molecule has 0 atom stereocenters. The summed E-state index contributed by atoms with van der Waals surface area (Å²) in [4.78, 5) is 23.7. The Balaban J connectivity index is 1.57. The van der Waals surface area contributed by atoms with Crippen LogP contribution in [-0.2, 0) is 14.8 Å². The molecule has 1 aliphatic rings. The molecule has 0 aromatic heterocycles. The topological polar surface area (TPSA) is 125 Å². The van der Waals surface area contributed by atoms with Gasteiger partial charge in [0.25, 0.3) is 5.91 Å². The van der Waals surface area contributed by atoms with Crippen LogP contribution in [0, 0.1) is 0 Å². The number of ether oxygens (including phenoxy) is 1. The lowest BCUT2D eigenvalue weighted by Gasteiger charge is -2.15. The van der Waals surface area contributed by atoms with E-state index in [0.717, 1.165) is 18.4 Å². The number of sulfonamides is 1. The second-order valence-corrected chi connectivity index (χ2v) is 10.1. The number of amides is 1. The van der Waals surface area contributed by atoms with Crippen LogP contribution >= 0.6 is 0 Å². The maximum atomic E-state index is 12.9. The maximum Gasteiger partial charge on any atom is 0.341 e. The number of benzene rings is 3. The summed E-state index contributed by atoms with van der Waals surface area (Å²) in [6.07, 6.45) is 1.64. The Labute approximate surface area is 209 Å². The number of nitrogens with one attached hydrogen (secondary N) is 1. The minimum absolute atomic E-state index is 0.0706. The number of carbonyl (C=O) groups is 2. The lowest BCUT2D eigenvalue weighted by Crippen LogP contribution is -2.28. The van der Waals surface area contributed by atoms with Gasteiger partial charge in [0.1, 0.15) is 5.75 Å². The SMILES string of the molecule is O=C(O)COc1ccc(C(=NNC(=O)c2cccc(S(=O)(=O)N3CCCC3)c2)c2ccccc2)cc1. The highest BCUT2D eigenvalue weighted by Crippen LogP contribution is 2.22. The Hall–Kier alpha value is -4.02.